The Morgan fingerprint density at radius 3 is 2.33 bits per heavy atom. The van der Waals surface area contributed by atoms with Crippen molar-refractivity contribution < 1.29 is 5.11 Å². The lowest BCUT2D eigenvalue weighted by Gasteiger charge is -2.27. The lowest BCUT2D eigenvalue weighted by atomic mass is 10.2. The van der Waals surface area contributed by atoms with Crippen molar-refractivity contribution >= 4 is 11.6 Å². The maximum Gasteiger partial charge on any atom is 0.137 e. The SMILES string of the molecule is CNc1nc(C(C)C)nc(N(C)C(C)CO)c1C. The average Bonchev–Trinajstić information content (AvgIpc) is 2.36. The van der Waals surface area contributed by atoms with E-state index < -0.39 is 0 Å². The van der Waals surface area contributed by atoms with E-state index in [1.54, 1.807) is 0 Å². The van der Waals surface area contributed by atoms with Crippen molar-refractivity contribution in [1.29, 1.82) is 0 Å². The van der Waals surface area contributed by atoms with E-state index in [0.29, 0.717) is 0 Å². The van der Waals surface area contributed by atoms with Gasteiger partial charge in [0.2, 0.25) is 0 Å². The zero-order valence-corrected chi connectivity index (χ0v) is 12.2. The Morgan fingerprint density at radius 1 is 1.28 bits per heavy atom. The van der Waals surface area contributed by atoms with E-state index in [0.717, 1.165) is 23.0 Å². The van der Waals surface area contributed by atoms with Crippen LogP contribution in [0.15, 0.2) is 0 Å². The summed E-state index contributed by atoms with van der Waals surface area (Å²) in [6, 6.07) is 0.0309. The van der Waals surface area contributed by atoms with E-state index in [-0.39, 0.29) is 18.6 Å². The summed E-state index contributed by atoms with van der Waals surface area (Å²) in [5.74, 6) is 2.81. The number of aromatic nitrogens is 2. The zero-order valence-electron chi connectivity index (χ0n) is 12.2. The molecule has 5 heteroatoms. The molecule has 102 valence electrons. The molecule has 0 radical (unpaired) electrons. The number of aliphatic hydroxyl groups excluding tert-OH is 1. The van der Waals surface area contributed by atoms with Gasteiger partial charge in [-0.1, -0.05) is 13.8 Å². The fourth-order valence-corrected chi connectivity index (χ4v) is 1.70. The molecule has 1 heterocycles. The summed E-state index contributed by atoms with van der Waals surface area (Å²) in [6.45, 7) is 8.21. The van der Waals surface area contributed by atoms with E-state index in [4.69, 9.17) is 0 Å². The molecule has 1 atom stereocenters. The predicted octanol–water partition coefficient (Wildman–Crippen LogP) is 1.77. The molecule has 0 amide bonds. The Balaban J connectivity index is 3.28. The summed E-state index contributed by atoms with van der Waals surface area (Å²) in [7, 11) is 3.80. The van der Waals surface area contributed by atoms with E-state index in [9.17, 15) is 5.11 Å². The molecular weight excluding hydrogens is 228 g/mol. The fourth-order valence-electron chi connectivity index (χ4n) is 1.70. The molecule has 0 saturated heterocycles. The van der Waals surface area contributed by atoms with Gasteiger partial charge in [-0.15, -0.1) is 0 Å². The number of hydrogen-bond acceptors (Lipinski definition) is 5. The van der Waals surface area contributed by atoms with Crippen LogP contribution in [0.1, 0.15) is 38.1 Å². The number of aliphatic hydroxyl groups is 1. The van der Waals surface area contributed by atoms with Crippen LogP contribution in [-0.4, -0.2) is 41.8 Å². The summed E-state index contributed by atoms with van der Waals surface area (Å²) in [5.41, 5.74) is 1.00. The average molecular weight is 252 g/mol. The number of hydrogen-bond donors (Lipinski definition) is 2. The Labute approximate surface area is 109 Å². The number of anilines is 2. The summed E-state index contributed by atoms with van der Waals surface area (Å²) in [4.78, 5) is 11.1. The number of nitrogens with zero attached hydrogens (tertiary/aromatic N) is 3. The van der Waals surface area contributed by atoms with Gasteiger partial charge in [-0.25, -0.2) is 9.97 Å². The molecule has 0 fully saturated rings. The number of nitrogens with one attached hydrogen (secondary N) is 1. The van der Waals surface area contributed by atoms with E-state index >= 15 is 0 Å². The third-order valence-electron chi connectivity index (χ3n) is 3.15. The molecule has 0 spiro atoms. The van der Waals surface area contributed by atoms with Gasteiger partial charge in [-0.05, 0) is 13.8 Å². The minimum Gasteiger partial charge on any atom is -0.394 e. The summed E-state index contributed by atoms with van der Waals surface area (Å²) >= 11 is 0. The Kier molecular flexibility index (Phi) is 4.90. The van der Waals surface area contributed by atoms with Crippen LogP contribution in [0.5, 0.6) is 0 Å². The van der Waals surface area contributed by atoms with Crippen molar-refractivity contribution in [2.75, 3.05) is 30.9 Å². The van der Waals surface area contributed by atoms with Gasteiger partial charge in [0, 0.05) is 25.6 Å². The molecular formula is C13H24N4O. The van der Waals surface area contributed by atoms with Crippen molar-refractivity contribution in [3.8, 4) is 0 Å². The van der Waals surface area contributed by atoms with Gasteiger partial charge in [0.05, 0.1) is 12.6 Å². The molecule has 1 rings (SSSR count). The molecule has 0 aromatic carbocycles. The lowest BCUT2D eigenvalue weighted by Crippen LogP contribution is -2.33. The number of rotatable bonds is 5. The second-order valence-electron chi connectivity index (χ2n) is 4.93. The van der Waals surface area contributed by atoms with Gasteiger partial charge >= 0.3 is 0 Å². The first-order chi connectivity index (χ1) is 8.42. The molecule has 0 aliphatic rings. The first-order valence-electron chi connectivity index (χ1n) is 6.32. The van der Waals surface area contributed by atoms with Gasteiger partial charge in [0.25, 0.3) is 0 Å². The Morgan fingerprint density at radius 2 is 1.89 bits per heavy atom. The third-order valence-corrected chi connectivity index (χ3v) is 3.15. The van der Waals surface area contributed by atoms with Crippen LogP contribution in [0.4, 0.5) is 11.6 Å². The maximum atomic E-state index is 9.26. The molecule has 18 heavy (non-hydrogen) atoms. The van der Waals surface area contributed by atoms with Gasteiger partial charge in [0.15, 0.2) is 0 Å². The van der Waals surface area contributed by atoms with Crippen molar-refractivity contribution in [3.63, 3.8) is 0 Å². The minimum absolute atomic E-state index is 0.0309. The maximum absolute atomic E-state index is 9.26. The highest BCUT2D eigenvalue weighted by atomic mass is 16.3. The molecule has 5 nitrogen and oxygen atoms in total. The van der Waals surface area contributed by atoms with Crippen LogP contribution in [-0.2, 0) is 0 Å². The fraction of sp³-hybridized carbons (Fsp3) is 0.692. The zero-order chi connectivity index (χ0) is 13.9. The normalized spacial score (nSPS) is 12.7. The largest absolute Gasteiger partial charge is 0.394 e. The molecule has 1 unspecified atom stereocenters. The molecule has 0 aliphatic heterocycles. The van der Waals surface area contributed by atoms with Gasteiger partial charge in [-0.2, -0.15) is 0 Å². The predicted molar refractivity (Wildman–Crippen MR) is 75.4 cm³/mol. The Hall–Kier alpha value is -1.36. The highest BCUT2D eigenvalue weighted by Gasteiger charge is 2.18. The van der Waals surface area contributed by atoms with Gasteiger partial charge in [0.1, 0.15) is 17.5 Å². The highest BCUT2D eigenvalue weighted by molar-refractivity contribution is 5.58. The molecule has 0 saturated carbocycles. The van der Waals surface area contributed by atoms with Crippen LogP contribution < -0.4 is 10.2 Å². The summed E-state index contributed by atoms with van der Waals surface area (Å²) < 4.78 is 0. The van der Waals surface area contributed by atoms with E-state index in [2.05, 4.69) is 29.1 Å². The minimum atomic E-state index is 0.0309. The van der Waals surface area contributed by atoms with Crippen molar-refractivity contribution in [1.82, 2.24) is 9.97 Å². The van der Waals surface area contributed by atoms with Crippen LogP contribution >= 0.6 is 0 Å². The Bertz CT molecular complexity index is 406. The standard InChI is InChI=1S/C13H24N4O/c1-8(2)11-15-12(14-5)10(4)13(16-11)17(6)9(3)7-18/h8-9,18H,7H2,1-6H3,(H,14,15,16). The monoisotopic (exact) mass is 252 g/mol. The molecule has 0 bridgehead atoms. The summed E-state index contributed by atoms with van der Waals surface area (Å²) in [6.07, 6.45) is 0. The van der Waals surface area contributed by atoms with Crippen molar-refractivity contribution in [2.24, 2.45) is 0 Å². The van der Waals surface area contributed by atoms with Crippen molar-refractivity contribution in [3.05, 3.63) is 11.4 Å². The molecule has 0 aliphatic carbocycles. The lowest BCUT2D eigenvalue weighted by molar-refractivity contribution is 0.269. The topological polar surface area (TPSA) is 61.3 Å². The van der Waals surface area contributed by atoms with Gasteiger partial charge in [-0.3, -0.25) is 0 Å². The van der Waals surface area contributed by atoms with Crippen LogP contribution in [0.2, 0.25) is 0 Å². The van der Waals surface area contributed by atoms with Crippen LogP contribution in [0.25, 0.3) is 0 Å². The van der Waals surface area contributed by atoms with Crippen LogP contribution in [0.3, 0.4) is 0 Å². The second kappa shape index (κ2) is 6.00. The number of likely N-dealkylation sites (N-methyl/N-ethyl adjacent to an activating group) is 1. The molecule has 2 N–H and O–H groups in total. The first-order valence-corrected chi connectivity index (χ1v) is 6.32. The molecule has 1 aromatic rings. The summed E-state index contributed by atoms with van der Waals surface area (Å²) in [5, 5.41) is 12.4. The van der Waals surface area contributed by atoms with Crippen LogP contribution in [0, 0.1) is 6.92 Å². The quantitative estimate of drug-likeness (QED) is 0.836. The second-order valence-corrected chi connectivity index (χ2v) is 4.93. The molecule has 1 aromatic heterocycles. The van der Waals surface area contributed by atoms with Crippen molar-refractivity contribution in [2.45, 2.75) is 39.7 Å². The van der Waals surface area contributed by atoms with E-state index in [1.807, 2.05) is 32.8 Å². The smallest absolute Gasteiger partial charge is 0.137 e. The van der Waals surface area contributed by atoms with E-state index in [1.165, 1.54) is 0 Å². The highest BCUT2D eigenvalue weighted by Crippen LogP contribution is 2.26. The third kappa shape index (κ3) is 2.90. The first kappa shape index (κ1) is 14.7. The van der Waals surface area contributed by atoms with Gasteiger partial charge < -0.3 is 15.3 Å².